The van der Waals surface area contributed by atoms with Crippen LogP contribution in [0.4, 0.5) is 0 Å². The highest BCUT2D eigenvalue weighted by Gasteiger charge is 2.57. The molecule has 0 aliphatic heterocycles. The van der Waals surface area contributed by atoms with E-state index in [1.807, 2.05) is 17.5 Å². The second kappa shape index (κ2) is 7.48. The molecular formula is C23H27NO4S. The zero-order valence-electron chi connectivity index (χ0n) is 16.7. The summed E-state index contributed by atoms with van der Waals surface area (Å²) in [5, 5.41) is 24.6. The van der Waals surface area contributed by atoms with Gasteiger partial charge in [-0.1, -0.05) is 26.0 Å². The molecule has 3 aliphatic carbocycles. The third kappa shape index (κ3) is 3.66. The average molecular weight is 414 g/mol. The van der Waals surface area contributed by atoms with Gasteiger partial charge in [-0.2, -0.15) is 0 Å². The number of benzene rings is 1. The molecule has 6 heteroatoms. The van der Waals surface area contributed by atoms with Crippen molar-refractivity contribution in [2.24, 2.45) is 23.2 Å². The van der Waals surface area contributed by atoms with Crippen LogP contribution >= 0.6 is 11.3 Å². The Morgan fingerprint density at radius 3 is 2.79 bits per heavy atom. The van der Waals surface area contributed by atoms with Crippen LogP contribution in [0.25, 0.3) is 10.1 Å². The van der Waals surface area contributed by atoms with E-state index in [9.17, 15) is 14.7 Å². The summed E-state index contributed by atoms with van der Waals surface area (Å²) in [6.45, 7) is 4.58. The fourth-order valence-corrected chi connectivity index (χ4v) is 6.17. The lowest BCUT2D eigenvalue weighted by Crippen LogP contribution is -2.63. The molecule has 4 unspecified atom stereocenters. The number of aromatic hydroxyl groups is 1. The molecule has 3 aliphatic rings. The van der Waals surface area contributed by atoms with Gasteiger partial charge in [0, 0.05) is 21.5 Å². The van der Waals surface area contributed by atoms with Gasteiger partial charge in [0.25, 0.3) is 5.91 Å². The van der Waals surface area contributed by atoms with Crippen LogP contribution < -0.4 is 5.32 Å². The standard InChI is InChI=1S/C23H27NO4S/c1-23(2)14-9-13(5-3-4-6-20(26)27)21(18(23)10-14)24-22(28)17-12-29-19-8-7-15(25)11-16(17)19/h3-4,7-8,11-14,18,21,25H,5-6,9-10H2,1-2H3,(H,24,28)(H,26,27)/b4-3-. The van der Waals surface area contributed by atoms with Crippen molar-refractivity contribution in [1.29, 1.82) is 0 Å². The number of allylic oxidation sites excluding steroid dienone is 1. The van der Waals surface area contributed by atoms with Gasteiger partial charge in [-0.05, 0) is 60.6 Å². The van der Waals surface area contributed by atoms with Crippen LogP contribution in [0.3, 0.4) is 0 Å². The lowest BCUT2D eigenvalue weighted by atomic mass is 9.44. The zero-order valence-corrected chi connectivity index (χ0v) is 17.5. The number of thiophene rings is 1. The number of carbonyl (C=O) groups is 2. The summed E-state index contributed by atoms with van der Waals surface area (Å²) in [4.78, 5) is 23.9. The molecular weight excluding hydrogens is 386 g/mol. The first-order chi connectivity index (χ1) is 13.8. The number of phenols is 1. The molecule has 0 radical (unpaired) electrons. The van der Waals surface area contributed by atoms with Gasteiger partial charge in [-0.3, -0.25) is 9.59 Å². The summed E-state index contributed by atoms with van der Waals surface area (Å²) in [5.74, 6) is 0.656. The van der Waals surface area contributed by atoms with E-state index < -0.39 is 5.97 Å². The summed E-state index contributed by atoms with van der Waals surface area (Å²) in [7, 11) is 0. The first kappa shape index (κ1) is 20.0. The molecule has 3 saturated carbocycles. The van der Waals surface area contributed by atoms with E-state index in [1.165, 1.54) is 11.3 Å². The number of hydrogen-bond donors (Lipinski definition) is 3. The monoisotopic (exact) mass is 413 g/mol. The molecule has 29 heavy (non-hydrogen) atoms. The van der Waals surface area contributed by atoms with Crippen molar-refractivity contribution in [3.05, 3.63) is 41.3 Å². The molecule has 1 amide bonds. The lowest BCUT2D eigenvalue weighted by Gasteiger charge is -2.62. The predicted octanol–water partition coefficient (Wildman–Crippen LogP) is 4.81. The minimum Gasteiger partial charge on any atom is -0.508 e. The van der Waals surface area contributed by atoms with Crippen LogP contribution in [0.2, 0.25) is 0 Å². The van der Waals surface area contributed by atoms with Gasteiger partial charge in [-0.15, -0.1) is 11.3 Å². The number of rotatable bonds is 6. The third-order valence-corrected chi connectivity index (χ3v) is 8.04. The Hall–Kier alpha value is -2.34. The maximum absolute atomic E-state index is 13.2. The number of carboxylic acid groups (broad SMARTS) is 1. The molecule has 0 spiro atoms. The van der Waals surface area contributed by atoms with E-state index in [0.29, 0.717) is 23.3 Å². The predicted molar refractivity (Wildman–Crippen MR) is 114 cm³/mol. The normalized spacial score (nSPS) is 27.7. The van der Waals surface area contributed by atoms with Crippen LogP contribution in [0, 0.1) is 23.2 Å². The molecule has 3 N–H and O–H groups in total. The Morgan fingerprint density at radius 1 is 1.28 bits per heavy atom. The topological polar surface area (TPSA) is 86.6 Å². The van der Waals surface area contributed by atoms with Gasteiger partial charge in [0.15, 0.2) is 0 Å². The highest BCUT2D eigenvalue weighted by molar-refractivity contribution is 7.17. The van der Waals surface area contributed by atoms with Crippen LogP contribution in [-0.4, -0.2) is 28.1 Å². The van der Waals surface area contributed by atoms with Crippen molar-refractivity contribution in [2.75, 3.05) is 0 Å². The number of carbonyl (C=O) groups excluding carboxylic acids is 1. The molecule has 1 aromatic carbocycles. The van der Waals surface area contributed by atoms with Gasteiger partial charge >= 0.3 is 5.97 Å². The van der Waals surface area contributed by atoms with Crippen molar-refractivity contribution in [2.45, 2.75) is 45.6 Å². The van der Waals surface area contributed by atoms with Crippen LogP contribution in [0.15, 0.2) is 35.7 Å². The van der Waals surface area contributed by atoms with Gasteiger partial charge < -0.3 is 15.5 Å². The molecule has 3 fully saturated rings. The van der Waals surface area contributed by atoms with E-state index in [1.54, 1.807) is 18.2 Å². The zero-order chi connectivity index (χ0) is 20.8. The average Bonchev–Trinajstić information content (AvgIpc) is 3.08. The summed E-state index contributed by atoms with van der Waals surface area (Å²) in [5.41, 5.74) is 0.828. The summed E-state index contributed by atoms with van der Waals surface area (Å²) < 4.78 is 0.980. The van der Waals surface area contributed by atoms with Crippen molar-refractivity contribution in [3.8, 4) is 5.75 Å². The largest absolute Gasteiger partial charge is 0.508 e. The molecule has 0 saturated heterocycles. The molecule has 1 aromatic heterocycles. The summed E-state index contributed by atoms with van der Waals surface area (Å²) in [6, 6.07) is 5.20. The molecule has 2 aromatic rings. The fraction of sp³-hybridized carbons (Fsp3) is 0.478. The van der Waals surface area contributed by atoms with E-state index in [0.717, 1.165) is 29.3 Å². The second-order valence-electron chi connectivity index (χ2n) is 8.99. The van der Waals surface area contributed by atoms with E-state index in [2.05, 4.69) is 19.2 Å². The second-order valence-corrected chi connectivity index (χ2v) is 9.90. The Balaban J connectivity index is 1.54. The first-order valence-corrected chi connectivity index (χ1v) is 11.0. The maximum Gasteiger partial charge on any atom is 0.307 e. The Labute approximate surface area is 174 Å². The lowest BCUT2D eigenvalue weighted by molar-refractivity contribution is -0.136. The molecule has 154 valence electrons. The van der Waals surface area contributed by atoms with Crippen LogP contribution in [0.1, 0.15) is 49.9 Å². The molecule has 1 heterocycles. The number of carboxylic acids is 1. The van der Waals surface area contributed by atoms with Gasteiger partial charge in [0.1, 0.15) is 5.75 Å². The van der Waals surface area contributed by atoms with E-state index in [4.69, 9.17) is 5.11 Å². The number of aliphatic carboxylic acids is 1. The van der Waals surface area contributed by atoms with Crippen molar-refractivity contribution < 1.29 is 19.8 Å². The number of nitrogens with one attached hydrogen (secondary N) is 1. The highest BCUT2D eigenvalue weighted by atomic mass is 32.1. The van der Waals surface area contributed by atoms with E-state index in [-0.39, 0.29) is 29.5 Å². The van der Waals surface area contributed by atoms with Gasteiger partial charge in [-0.25, -0.2) is 0 Å². The van der Waals surface area contributed by atoms with Gasteiger partial charge in [0.05, 0.1) is 12.0 Å². The smallest absolute Gasteiger partial charge is 0.307 e. The summed E-state index contributed by atoms with van der Waals surface area (Å²) in [6.07, 6.45) is 6.67. The number of phenolic OH excluding ortho intramolecular Hbond substituents is 1. The fourth-order valence-electron chi connectivity index (χ4n) is 5.24. The minimum absolute atomic E-state index is 0.0342. The molecule has 5 nitrogen and oxygen atoms in total. The third-order valence-electron chi connectivity index (χ3n) is 7.07. The molecule has 5 rings (SSSR count). The minimum atomic E-state index is -0.827. The quantitative estimate of drug-likeness (QED) is 0.593. The number of fused-ring (bicyclic) bond motifs is 3. The highest BCUT2D eigenvalue weighted by Crippen LogP contribution is 2.61. The van der Waals surface area contributed by atoms with Crippen molar-refractivity contribution in [3.63, 3.8) is 0 Å². The maximum atomic E-state index is 13.2. The number of hydrogen-bond acceptors (Lipinski definition) is 4. The Kier molecular flexibility index (Phi) is 5.15. The van der Waals surface area contributed by atoms with E-state index >= 15 is 0 Å². The number of amides is 1. The van der Waals surface area contributed by atoms with Crippen LogP contribution in [0.5, 0.6) is 5.75 Å². The molecule has 2 bridgehead atoms. The SMILES string of the molecule is CC1(C)C2CC(C/C=C\CC(=O)O)C(NC(=O)c3csc4ccc(O)cc34)C1C2. The summed E-state index contributed by atoms with van der Waals surface area (Å²) >= 11 is 1.51. The van der Waals surface area contributed by atoms with Crippen molar-refractivity contribution in [1.82, 2.24) is 5.32 Å². The Morgan fingerprint density at radius 2 is 2.07 bits per heavy atom. The van der Waals surface area contributed by atoms with Gasteiger partial charge in [0.2, 0.25) is 0 Å². The molecule has 4 atom stereocenters. The Bertz CT molecular complexity index is 976. The van der Waals surface area contributed by atoms with Crippen LogP contribution in [-0.2, 0) is 4.79 Å². The first-order valence-electron chi connectivity index (χ1n) is 10.1. The van der Waals surface area contributed by atoms with Crippen molar-refractivity contribution >= 4 is 33.3 Å².